The van der Waals surface area contributed by atoms with Crippen LogP contribution in [0.15, 0.2) is 59.5 Å². The summed E-state index contributed by atoms with van der Waals surface area (Å²) in [6.45, 7) is 0. The number of nitrogens with zero attached hydrogens (tertiary/aromatic N) is 1. The molecule has 4 saturated carbocycles. The molecule has 6 bridgehead atoms. The summed E-state index contributed by atoms with van der Waals surface area (Å²) in [5.74, 6) is 0.839. The zero-order chi connectivity index (χ0) is 18.5. The van der Waals surface area contributed by atoms with Gasteiger partial charge in [-0.05, 0) is 48.2 Å². The molecular formula is C20H16ClNO4S. The average molecular weight is 402 g/mol. The first kappa shape index (κ1) is 16.1. The number of ether oxygens (including phenoxy) is 1. The molecule has 5 fully saturated rings. The summed E-state index contributed by atoms with van der Waals surface area (Å²) in [4.78, 5) is 12.7. The summed E-state index contributed by atoms with van der Waals surface area (Å²) in [6, 6.07) is 15.2. The zero-order valence-corrected chi connectivity index (χ0v) is 15.7. The van der Waals surface area contributed by atoms with Crippen LogP contribution in [-0.2, 0) is 14.8 Å². The van der Waals surface area contributed by atoms with E-state index in [0.29, 0.717) is 28.3 Å². The van der Waals surface area contributed by atoms with Crippen LogP contribution in [0.4, 0.5) is 0 Å². The van der Waals surface area contributed by atoms with E-state index in [1.807, 2.05) is 18.2 Å². The van der Waals surface area contributed by atoms with Crippen LogP contribution in [-0.4, -0.2) is 36.9 Å². The highest BCUT2D eigenvalue weighted by atomic mass is 35.5. The van der Waals surface area contributed by atoms with E-state index in [0.717, 1.165) is 0 Å². The van der Waals surface area contributed by atoms with E-state index in [2.05, 4.69) is 0 Å². The van der Waals surface area contributed by atoms with Crippen molar-refractivity contribution < 1.29 is 17.9 Å². The van der Waals surface area contributed by atoms with Gasteiger partial charge in [0.05, 0.1) is 10.5 Å². The Morgan fingerprint density at radius 1 is 0.889 bits per heavy atom. The SMILES string of the molecule is O=C(OC1C2C3C2C2C1C3N2S(=O)(=O)c1ccc(Cl)cc1)c1ccccc1. The van der Waals surface area contributed by atoms with Crippen LogP contribution in [0, 0.1) is 23.7 Å². The lowest BCUT2D eigenvalue weighted by Gasteiger charge is -2.46. The second kappa shape index (κ2) is 5.13. The number of hydrogen-bond donors (Lipinski definition) is 0. The Labute approximate surface area is 161 Å². The van der Waals surface area contributed by atoms with Crippen molar-refractivity contribution in [2.45, 2.75) is 23.1 Å². The van der Waals surface area contributed by atoms with Crippen molar-refractivity contribution in [1.29, 1.82) is 0 Å². The summed E-state index contributed by atoms with van der Waals surface area (Å²) in [5.41, 5.74) is 0.540. The summed E-state index contributed by atoms with van der Waals surface area (Å²) in [7, 11) is -3.53. The van der Waals surface area contributed by atoms with Gasteiger partial charge in [-0.1, -0.05) is 29.8 Å². The number of sulfonamides is 1. The molecule has 5 atom stereocenters. The van der Waals surface area contributed by atoms with Gasteiger partial charge in [-0.2, -0.15) is 4.31 Å². The van der Waals surface area contributed by atoms with Crippen molar-refractivity contribution in [1.82, 2.24) is 4.31 Å². The summed E-state index contributed by atoms with van der Waals surface area (Å²) in [6.07, 6.45) is -0.153. The highest BCUT2D eigenvalue weighted by Crippen LogP contribution is 2.80. The molecule has 1 aliphatic heterocycles. The van der Waals surface area contributed by atoms with Crippen LogP contribution in [0.1, 0.15) is 10.4 Å². The Hall–Kier alpha value is -1.89. The number of rotatable bonds is 4. The van der Waals surface area contributed by atoms with Gasteiger partial charge in [-0.3, -0.25) is 0 Å². The topological polar surface area (TPSA) is 63.7 Å². The molecule has 1 saturated heterocycles. The van der Waals surface area contributed by atoms with Crippen LogP contribution in [0.25, 0.3) is 0 Å². The fourth-order valence-electron chi connectivity index (χ4n) is 5.84. The first-order chi connectivity index (χ1) is 13.0. The number of halogens is 1. The van der Waals surface area contributed by atoms with Crippen molar-refractivity contribution in [3.05, 3.63) is 65.2 Å². The second-order valence-electron chi connectivity index (χ2n) is 7.82. The summed E-state index contributed by atoms with van der Waals surface area (Å²) in [5, 5.41) is 0.513. The van der Waals surface area contributed by atoms with Crippen LogP contribution in [0.2, 0.25) is 5.02 Å². The van der Waals surface area contributed by atoms with Gasteiger partial charge in [0.15, 0.2) is 0 Å². The third kappa shape index (κ3) is 1.93. The lowest BCUT2D eigenvalue weighted by molar-refractivity contribution is -0.00904. The van der Waals surface area contributed by atoms with Crippen molar-refractivity contribution in [2.75, 3.05) is 0 Å². The van der Waals surface area contributed by atoms with Crippen LogP contribution >= 0.6 is 11.6 Å². The normalized spacial score (nSPS) is 37.7. The Balaban J connectivity index is 1.23. The van der Waals surface area contributed by atoms with Gasteiger partial charge in [0.1, 0.15) is 6.10 Å². The molecule has 7 heteroatoms. The van der Waals surface area contributed by atoms with Gasteiger partial charge in [-0.15, -0.1) is 0 Å². The molecule has 2 aromatic carbocycles. The largest absolute Gasteiger partial charge is 0.458 e. The lowest BCUT2D eigenvalue weighted by Crippen LogP contribution is -2.61. The van der Waals surface area contributed by atoms with E-state index < -0.39 is 10.0 Å². The van der Waals surface area contributed by atoms with Gasteiger partial charge in [-0.25, -0.2) is 13.2 Å². The Bertz CT molecular complexity index is 1040. The Morgan fingerprint density at radius 3 is 2.15 bits per heavy atom. The Morgan fingerprint density at radius 2 is 1.52 bits per heavy atom. The summed E-state index contributed by atoms with van der Waals surface area (Å²) >= 11 is 5.88. The maximum Gasteiger partial charge on any atom is 0.338 e. The maximum atomic E-state index is 13.0. The molecule has 0 aromatic heterocycles. The average Bonchev–Trinajstić information content (AvgIpc) is 2.89. The molecule has 138 valence electrons. The molecule has 27 heavy (non-hydrogen) atoms. The predicted octanol–water partition coefficient (Wildman–Crippen LogP) is 2.81. The highest BCUT2D eigenvalue weighted by molar-refractivity contribution is 7.89. The monoisotopic (exact) mass is 401 g/mol. The highest BCUT2D eigenvalue weighted by Gasteiger charge is 2.89. The van der Waals surface area contributed by atoms with E-state index in [4.69, 9.17) is 16.3 Å². The lowest BCUT2D eigenvalue weighted by atomic mass is 9.92. The van der Waals surface area contributed by atoms with Crippen molar-refractivity contribution >= 4 is 27.6 Å². The minimum Gasteiger partial charge on any atom is -0.458 e. The number of carbonyl (C=O) groups excluding carboxylic acids is 1. The molecule has 0 amide bonds. The molecule has 0 spiro atoms. The number of carbonyl (C=O) groups is 1. The van der Waals surface area contributed by atoms with E-state index >= 15 is 0 Å². The van der Waals surface area contributed by atoms with E-state index in [9.17, 15) is 13.2 Å². The molecule has 1 heterocycles. The molecule has 0 N–H and O–H groups in total. The smallest absolute Gasteiger partial charge is 0.338 e. The number of piperidine rings is 1. The van der Waals surface area contributed by atoms with Crippen molar-refractivity contribution in [3.63, 3.8) is 0 Å². The van der Waals surface area contributed by atoms with Gasteiger partial charge in [0.25, 0.3) is 0 Å². The number of esters is 1. The number of hydrogen-bond acceptors (Lipinski definition) is 4. The summed E-state index contributed by atoms with van der Waals surface area (Å²) < 4.78 is 33.6. The molecule has 2 aromatic rings. The quantitative estimate of drug-likeness (QED) is 0.739. The van der Waals surface area contributed by atoms with E-state index in [-0.39, 0.29) is 35.0 Å². The first-order valence-electron chi connectivity index (χ1n) is 9.05. The minimum atomic E-state index is -3.53. The van der Waals surface area contributed by atoms with E-state index in [1.165, 1.54) is 0 Å². The molecule has 4 aliphatic carbocycles. The minimum absolute atomic E-state index is 0.0285. The fraction of sp³-hybridized carbons (Fsp3) is 0.350. The maximum absolute atomic E-state index is 13.0. The Kier molecular flexibility index (Phi) is 3.06. The van der Waals surface area contributed by atoms with Gasteiger partial charge in [0.2, 0.25) is 10.0 Å². The van der Waals surface area contributed by atoms with Gasteiger partial charge in [0, 0.05) is 28.9 Å². The fourth-order valence-corrected chi connectivity index (χ4v) is 7.89. The zero-order valence-electron chi connectivity index (χ0n) is 14.1. The molecule has 7 rings (SSSR count). The molecular weight excluding hydrogens is 386 g/mol. The molecule has 5 unspecified atom stereocenters. The first-order valence-corrected chi connectivity index (χ1v) is 10.9. The molecule has 0 radical (unpaired) electrons. The van der Waals surface area contributed by atoms with Crippen LogP contribution in [0.5, 0.6) is 0 Å². The number of benzene rings is 2. The van der Waals surface area contributed by atoms with Gasteiger partial charge >= 0.3 is 5.97 Å². The van der Waals surface area contributed by atoms with Crippen LogP contribution < -0.4 is 0 Å². The second-order valence-corrected chi connectivity index (χ2v) is 10.1. The molecule has 5 aliphatic rings. The standard InChI is InChI=1S/C20H16ClNO4S/c21-11-6-8-12(9-7-11)27(24,25)22-17-13-14-15(13)19(16(17)18(14)22)26-20(23)10-4-2-1-3-5-10/h1-9,13-19H. The van der Waals surface area contributed by atoms with Gasteiger partial charge < -0.3 is 4.74 Å². The van der Waals surface area contributed by atoms with Crippen molar-refractivity contribution in [2.24, 2.45) is 23.7 Å². The third-order valence-corrected chi connectivity index (χ3v) is 8.92. The van der Waals surface area contributed by atoms with E-state index in [1.54, 1.807) is 40.7 Å². The van der Waals surface area contributed by atoms with Crippen LogP contribution in [0.3, 0.4) is 0 Å². The predicted molar refractivity (Wildman–Crippen MR) is 97.7 cm³/mol. The van der Waals surface area contributed by atoms with Crippen molar-refractivity contribution in [3.8, 4) is 0 Å². The third-order valence-electron chi connectivity index (χ3n) is 6.76. The molecule has 5 nitrogen and oxygen atoms in total.